The highest BCUT2D eigenvalue weighted by atomic mass is 79.9. The van der Waals surface area contributed by atoms with E-state index in [9.17, 15) is 0 Å². The Morgan fingerprint density at radius 3 is 2.89 bits per heavy atom. The molecule has 1 aromatic rings. The molecule has 1 heterocycles. The number of nitrogens with one attached hydrogen (secondary N) is 1. The third-order valence-corrected chi connectivity index (χ3v) is 3.97. The molecule has 0 aromatic carbocycles. The van der Waals surface area contributed by atoms with Crippen LogP contribution >= 0.6 is 15.9 Å². The molecule has 1 aliphatic carbocycles. The molecular formula is C14H22BrN3O. The molecule has 1 N–H and O–H groups in total. The number of halogens is 1. The van der Waals surface area contributed by atoms with E-state index in [-0.39, 0.29) is 0 Å². The lowest BCUT2D eigenvalue weighted by atomic mass is 9.90. The minimum atomic E-state index is 0.642. The molecule has 1 fully saturated rings. The van der Waals surface area contributed by atoms with Crippen molar-refractivity contribution in [1.82, 2.24) is 9.97 Å². The van der Waals surface area contributed by atoms with Gasteiger partial charge in [0.05, 0.1) is 17.3 Å². The standard InChI is InChI=1S/C14H22BrN3O/c1-2-8-16-14-17-9-12(15)13(18-14)19-10-11-6-4-3-5-7-11/h9,11H,2-8,10H2,1H3,(H,16,17,18). The van der Waals surface area contributed by atoms with Crippen molar-refractivity contribution in [2.45, 2.75) is 45.4 Å². The summed E-state index contributed by atoms with van der Waals surface area (Å²) in [6.07, 6.45) is 9.41. The highest BCUT2D eigenvalue weighted by Crippen LogP contribution is 2.27. The van der Waals surface area contributed by atoms with E-state index in [0.29, 0.717) is 17.7 Å². The molecule has 1 aromatic heterocycles. The first-order chi connectivity index (χ1) is 9.29. The molecule has 0 spiro atoms. The average molecular weight is 328 g/mol. The molecule has 0 unspecified atom stereocenters. The first-order valence-corrected chi connectivity index (χ1v) is 7.98. The van der Waals surface area contributed by atoms with E-state index in [1.807, 2.05) is 0 Å². The zero-order valence-electron chi connectivity index (χ0n) is 11.5. The van der Waals surface area contributed by atoms with E-state index in [2.05, 4.69) is 38.1 Å². The van der Waals surface area contributed by atoms with Crippen LogP contribution in [0.3, 0.4) is 0 Å². The predicted molar refractivity (Wildman–Crippen MR) is 80.6 cm³/mol. The number of aromatic nitrogens is 2. The summed E-state index contributed by atoms with van der Waals surface area (Å²) in [6.45, 7) is 3.76. The van der Waals surface area contributed by atoms with E-state index >= 15 is 0 Å². The Morgan fingerprint density at radius 1 is 1.37 bits per heavy atom. The van der Waals surface area contributed by atoms with Gasteiger partial charge in [-0.3, -0.25) is 0 Å². The van der Waals surface area contributed by atoms with Crippen LogP contribution in [-0.4, -0.2) is 23.1 Å². The smallest absolute Gasteiger partial charge is 0.232 e. The monoisotopic (exact) mass is 327 g/mol. The molecule has 1 aliphatic rings. The van der Waals surface area contributed by atoms with Crippen LogP contribution in [0.5, 0.6) is 5.88 Å². The van der Waals surface area contributed by atoms with Crippen LogP contribution < -0.4 is 10.1 Å². The lowest BCUT2D eigenvalue weighted by Gasteiger charge is -2.21. The van der Waals surface area contributed by atoms with E-state index in [1.165, 1.54) is 32.1 Å². The highest BCUT2D eigenvalue weighted by molar-refractivity contribution is 9.10. The van der Waals surface area contributed by atoms with Gasteiger partial charge in [0.15, 0.2) is 0 Å². The fourth-order valence-electron chi connectivity index (χ4n) is 2.33. The van der Waals surface area contributed by atoms with Crippen molar-refractivity contribution in [3.05, 3.63) is 10.7 Å². The molecule has 0 saturated heterocycles. The van der Waals surface area contributed by atoms with Gasteiger partial charge in [0.1, 0.15) is 0 Å². The second-order valence-corrected chi connectivity index (χ2v) is 5.94. The van der Waals surface area contributed by atoms with Crippen LogP contribution in [0.1, 0.15) is 45.4 Å². The highest BCUT2D eigenvalue weighted by Gasteiger charge is 2.15. The molecule has 0 amide bonds. The summed E-state index contributed by atoms with van der Waals surface area (Å²) in [5.41, 5.74) is 0. The minimum absolute atomic E-state index is 0.642. The van der Waals surface area contributed by atoms with Crippen LogP contribution in [0.4, 0.5) is 5.95 Å². The van der Waals surface area contributed by atoms with Gasteiger partial charge in [-0.15, -0.1) is 0 Å². The maximum Gasteiger partial charge on any atom is 0.232 e. The largest absolute Gasteiger partial charge is 0.476 e. The Morgan fingerprint density at radius 2 is 2.16 bits per heavy atom. The average Bonchev–Trinajstić information content (AvgIpc) is 2.46. The second kappa shape index (κ2) is 7.68. The van der Waals surface area contributed by atoms with E-state index in [1.54, 1.807) is 6.20 Å². The molecule has 19 heavy (non-hydrogen) atoms. The van der Waals surface area contributed by atoms with Crippen molar-refractivity contribution < 1.29 is 4.74 Å². The van der Waals surface area contributed by atoms with Crippen LogP contribution in [0.25, 0.3) is 0 Å². The lowest BCUT2D eigenvalue weighted by molar-refractivity contribution is 0.202. The van der Waals surface area contributed by atoms with Gasteiger partial charge in [-0.1, -0.05) is 26.2 Å². The summed E-state index contributed by atoms with van der Waals surface area (Å²) in [5, 5.41) is 3.18. The zero-order chi connectivity index (χ0) is 13.5. The number of hydrogen-bond donors (Lipinski definition) is 1. The SMILES string of the molecule is CCCNc1ncc(Br)c(OCC2CCCCC2)n1. The molecule has 106 valence electrons. The molecule has 2 rings (SSSR count). The van der Waals surface area contributed by atoms with E-state index in [4.69, 9.17) is 4.74 Å². The molecule has 0 aliphatic heterocycles. The first kappa shape index (κ1) is 14.6. The summed E-state index contributed by atoms with van der Waals surface area (Å²) in [5.74, 6) is 1.98. The van der Waals surface area contributed by atoms with Gasteiger partial charge in [0.2, 0.25) is 11.8 Å². The molecule has 0 radical (unpaired) electrons. The van der Waals surface area contributed by atoms with Gasteiger partial charge >= 0.3 is 0 Å². The van der Waals surface area contributed by atoms with E-state index < -0.39 is 0 Å². The summed E-state index contributed by atoms with van der Waals surface area (Å²) < 4.78 is 6.68. The maximum absolute atomic E-state index is 5.86. The van der Waals surface area contributed by atoms with Crippen molar-refractivity contribution in [1.29, 1.82) is 0 Å². The van der Waals surface area contributed by atoms with Crippen molar-refractivity contribution in [3.63, 3.8) is 0 Å². The summed E-state index contributed by atoms with van der Waals surface area (Å²) in [7, 11) is 0. The van der Waals surface area contributed by atoms with Crippen molar-refractivity contribution in [2.75, 3.05) is 18.5 Å². The topological polar surface area (TPSA) is 47.0 Å². The molecule has 5 heteroatoms. The lowest BCUT2D eigenvalue weighted by Crippen LogP contribution is -2.16. The molecule has 4 nitrogen and oxygen atoms in total. The van der Waals surface area contributed by atoms with Gasteiger partial charge in [-0.25, -0.2) is 4.98 Å². The Hall–Kier alpha value is -0.840. The van der Waals surface area contributed by atoms with Crippen molar-refractivity contribution >= 4 is 21.9 Å². The minimum Gasteiger partial charge on any atom is -0.476 e. The summed E-state index contributed by atoms with van der Waals surface area (Å²) in [4.78, 5) is 8.62. The van der Waals surface area contributed by atoms with Gasteiger partial charge in [0.25, 0.3) is 0 Å². The second-order valence-electron chi connectivity index (χ2n) is 5.09. The van der Waals surface area contributed by atoms with Crippen molar-refractivity contribution in [2.24, 2.45) is 5.92 Å². The van der Waals surface area contributed by atoms with Gasteiger partial charge in [-0.2, -0.15) is 4.98 Å². The number of ether oxygens (including phenoxy) is 1. The third-order valence-electron chi connectivity index (χ3n) is 3.43. The normalized spacial score (nSPS) is 16.3. The van der Waals surface area contributed by atoms with E-state index in [0.717, 1.165) is 24.0 Å². The maximum atomic E-state index is 5.86. The number of rotatable bonds is 6. The Balaban J connectivity index is 1.90. The molecular weight excluding hydrogens is 306 g/mol. The molecule has 1 saturated carbocycles. The van der Waals surface area contributed by atoms with Crippen LogP contribution in [0.2, 0.25) is 0 Å². The summed E-state index contributed by atoms with van der Waals surface area (Å²) >= 11 is 3.45. The van der Waals surface area contributed by atoms with Crippen molar-refractivity contribution in [3.8, 4) is 5.88 Å². The Kier molecular flexibility index (Phi) is 5.89. The quantitative estimate of drug-likeness (QED) is 0.857. The number of hydrogen-bond acceptors (Lipinski definition) is 4. The fraction of sp³-hybridized carbons (Fsp3) is 0.714. The Bertz CT molecular complexity index is 394. The Labute approximate surface area is 123 Å². The van der Waals surface area contributed by atoms with Crippen LogP contribution in [0.15, 0.2) is 10.7 Å². The zero-order valence-corrected chi connectivity index (χ0v) is 13.1. The van der Waals surface area contributed by atoms with Crippen LogP contribution in [-0.2, 0) is 0 Å². The van der Waals surface area contributed by atoms with Gasteiger partial charge in [0, 0.05) is 6.54 Å². The molecule has 0 atom stereocenters. The van der Waals surface area contributed by atoms with Gasteiger partial charge in [-0.05, 0) is 41.1 Å². The fourth-order valence-corrected chi connectivity index (χ4v) is 2.63. The third kappa shape index (κ3) is 4.64. The first-order valence-electron chi connectivity index (χ1n) is 7.18. The van der Waals surface area contributed by atoms with Crippen LogP contribution in [0, 0.1) is 5.92 Å². The summed E-state index contributed by atoms with van der Waals surface area (Å²) in [6, 6.07) is 0. The molecule has 0 bridgehead atoms. The van der Waals surface area contributed by atoms with Gasteiger partial charge < -0.3 is 10.1 Å². The number of anilines is 1. The predicted octanol–water partition coefficient (Wildman–Crippen LogP) is 4.02. The number of nitrogens with zero attached hydrogens (tertiary/aromatic N) is 2.